The van der Waals surface area contributed by atoms with E-state index in [2.05, 4.69) is 24.3 Å². The van der Waals surface area contributed by atoms with Gasteiger partial charge in [-0.2, -0.15) is 11.8 Å². The van der Waals surface area contributed by atoms with E-state index >= 15 is 0 Å². The number of carbonyl (C=O) groups is 1. The number of amides is 2. The Balaban J connectivity index is 1.93. The van der Waals surface area contributed by atoms with Gasteiger partial charge in [-0.1, -0.05) is 11.6 Å². The van der Waals surface area contributed by atoms with Gasteiger partial charge in [-0.15, -0.1) is 0 Å². The van der Waals surface area contributed by atoms with Gasteiger partial charge in [-0.25, -0.2) is 4.79 Å². The Kier molecular flexibility index (Phi) is 6.41. The Bertz CT molecular complexity index is 524. The zero-order valence-electron chi connectivity index (χ0n) is 13.4. The first-order valence-corrected chi connectivity index (χ1v) is 9.24. The molecule has 1 N–H and O–H groups in total. The molecule has 0 spiro atoms. The third-order valence-electron chi connectivity index (χ3n) is 3.79. The second-order valence-electron chi connectivity index (χ2n) is 6.03. The van der Waals surface area contributed by atoms with Gasteiger partial charge in [-0.05, 0) is 56.5 Å². The van der Waals surface area contributed by atoms with Crippen molar-refractivity contribution in [1.29, 1.82) is 0 Å². The highest BCUT2D eigenvalue weighted by atomic mass is 35.5. The summed E-state index contributed by atoms with van der Waals surface area (Å²) in [4.78, 5) is 16.4. The molecule has 1 saturated heterocycles. The quantitative estimate of drug-likeness (QED) is 0.888. The summed E-state index contributed by atoms with van der Waals surface area (Å²) in [5.74, 6) is 1.41. The van der Waals surface area contributed by atoms with Gasteiger partial charge in [-0.3, -0.25) is 0 Å². The fourth-order valence-corrected chi connectivity index (χ4v) is 3.62. The maximum absolute atomic E-state index is 12.4. The van der Waals surface area contributed by atoms with Gasteiger partial charge in [0.1, 0.15) is 0 Å². The van der Waals surface area contributed by atoms with E-state index in [9.17, 15) is 4.79 Å². The number of anilines is 1. The third kappa shape index (κ3) is 4.80. The van der Waals surface area contributed by atoms with Crippen LogP contribution in [0.5, 0.6) is 0 Å². The van der Waals surface area contributed by atoms with E-state index in [1.54, 1.807) is 11.8 Å². The Morgan fingerprint density at radius 2 is 2.27 bits per heavy atom. The summed E-state index contributed by atoms with van der Waals surface area (Å²) < 4.78 is 0. The zero-order valence-corrected chi connectivity index (χ0v) is 15.0. The van der Waals surface area contributed by atoms with Gasteiger partial charge in [0.05, 0.1) is 0 Å². The highest BCUT2D eigenvalue weighted by Crippen LogP contribution is 2.25. The van der Waals surface area contributed by atoms with Crippen LogP contribution >= 0.6 is 23.4 Å². The number of hydrogen-bond acceptors (Lipinski definition) is 3. The minimum absolute atomic E-state index is 0.0151. The van der Waals surface area contributed by atoms with Crippen LogP contribution in [0.25, 0.3) is 0 Å². The number of likely N-dealkylation sites (tertiary alicyclic amines) is 1. The number of hydrogen-bond donors (Lipinski definition) is 1. The fourth-order valence-electron chi connectivity index (χ4n) is 2.80. The molecule has 2 amide bonds. The summed E-state index contributed by atoms with van der Waals surface area (Å²) in [7, 11) is 4.15. The first kappa shape index (κ1) is 17.4. The van der Waals surface area contributed by atoms with Gasteiger partial charge in [0, 0.05) is 36.1 Å². The third-order valence-corrected chi connectivity index (χ3v) is 4.76. The number of benzene rings is 1. The molecule has 1 aliphatic heterocycles. The largest absolute Gasteiger partial charge is 0.324 e. The lowest BCUT2D eigenvalue weighted by Gasteiger charge is -2.19. The van der Waals surface area contributed by atoms with E-state index in [0.717, 1.165) is 48.1 Å². The lowest BCUT2D eigenvalue weighted by molar-refractivity contribution is 0.219. The maximum atomic E-state index is 12.4. The van der Waals surface area contributed by atoms with E-state index in [1.807, 2.05) is 29.4 Å². The van der Waals surface area contributed by atoms with Crippen molar-refractivity contribution in [3.05, 3.63) is 28.8 Å². The molecule has 1 unspecified atom stereocenters. The van der Waals surface area contributed by atoms with Crippen LogP contribution in [0.2, 0.25) is 5.02 Å². The molecule has 1 aromatic carbocycles. The molecule has 1 atom stereocenters. The molecular weight excluding hydrogens is 318 g/mol. The molecule has 1 aliphatic rings. The smallest absolute Gasteiger partial charge is 0.321 e. The van der Waals surface area contributed by atoms with Crippen LogP contribution in [-0.2, 0) is 5.75 Å². The Labute approximate surface area is 142 Å². The van der Waals surface area contributed by atoms with E-state index in [1.165, 1.54) is 0 Å². The molecule has 6 heteroatoms. The number of thioether (sulfide) groups is 1. The van der Waals surface area contributed by atoms with Crippen molar-refractivity contribution in [2.45, 2.75) is 12.2 Å². The first-order valence-electron chi connectivity index (χ1n) is 7.47. The predicted octanol–water partition coefficient (Wildman–Crippen LogP) is 3.62. The normalized spacial score (nSPS) is 18.0. The van der Waals surface area contributed by atoms with Crippen molar-refractivity contribution < 1.29 is 4.79 Å². The van der Waals surface area contributed by atoms with Crippen molar-refractivity contribution in [1.82, 2.24) is 9.80 Å². The standard InChI is InChI=1S/C16H24ClN3OS/c1-19(2)9-12-6-7-20(10-12)16(21)18-14-4-5-15(17)13(8-14)11-22-3/h4-5,8,12H,6-7,9-11H2,1-3H3,(H,18,21). The number of carbonyl (C=O) groups excluding carboxylic acids is 1. The van der Waals surface area contributed by atoms with Crippen LogP contribution in [0.1, 0.15) is 12.0 Å². The molecule has 22 heavy (non-hydrogen) atoms. The molecule has 0 aliphatic carbocycles. The molecule has 1 fully saturated rings. The zero-order chi connectivity index (χ0) is 16.1. The van der Waals surface area contributed by atoms with Crippen LogP contribution in [0.15, 0.2) is 18.2 Å². The summed E-state index contributed by atoms with van der Waals surface area (Å²) in [6.45, 7) is 2.69. The summed E-state index contributed by atoms with van der Waals surface area (Å²) in [6, 6.07) is 5.65. The highest BCUT2D eigenvalue weighted by molar-refractivity contribution is 7.97. The minimum Gasteiger partial charge on any atom is -0.324 e. The minimum atomic E-state index is -0.0151. The van der Waals surface area contributed by atoms with Gasteiger partial charge >= 0.3 is 6.03 Å². The molecule has 4 nitrogen and oxygen atoms in total. The second kappa shape index (κ2) is 8.09. The van der Waals surface area contributed by atoms with Crippen molar-refractivity contribution in [2.75, 3.05) is 45.3 Å². The number of halogens is 1. The number of nitrogens with zero attached hydrogens (tertiary/aromatic N) is 2. The SMILES string of the molecule is CSCc1cc(NC(=O)N2CCC(CN(C)C)C2)ccc1Cl. The lowest BCUT2D eigenvalue weighted by Crippen LogP contribution is -2.34. The molecule has 1 heterocycles. The van der Waals surface area contributed by atoms with E-state index < -0.39 is 0 Å². The first-order chi connectivity index (χ1) is 10.5. The van der Waals surface area contributed by atoms with Crippen LogP contribution in [0.4, 0.5) is 10.5 Å². The number of nitrogens with one attached hydrogen (secondary N) is 1. The average molecular weight is 342 g/mol. The summed E-state index contributed by atoms with van der Waals surface area (Å²) in [6.07, 6.45) is 3.11. The van der Waals surface area contributed by atoms with Gasteiger partial charge in [0.2, 0.25) is 0 Å². The van der Waals surface area contributed by atoms with E-state index in [-0.39, 0.29) is 6.03 Å². The molecular formula is C16H24ClN3OS. The maximum Gasteiger partial charge on any atom is 0.321 e. The second-order valence-corrected chi connectivity index (χ2v) is 7.31. The molecule has 122 valence electrons. The van der Waals surface area contributed by atoms with Crippen LogP contribution in [-0.4, -0.2) is 55.8 Å². The monoisotopic (exact) mass is 341 g/mol. The van der Waals surface area contributed by atoms with Crippen LogP contribution < -0.4 is 5.32 Å². The van der Waals surface area contributed by atoms with Crippen LogP contribution in [0, 0.1) is 5.92 Å². The Morgan fingerprint density at radius 1 is 1.50 bits per heavy atom. The van der Waals surface area contributed by atoms with E-state index in [4.69, 9.17) is 11.6 Å². The van der Waals surface area contributed by atoms with Gasteiger partial charge in [0.25, 0.3) is 0 Å². The highest BCUT2D eigenvalue weighted by Gasteiger charge is 2.26. The Hall–Kier alpha value is -0.910. The van der Waals surface area contributed by atoms with Crippen molar-refractivity contribution in [2.24, 2.45) is 5.92 Å². The molecule has 0 aromatic heterocycles. The van der Waals surface area contributed by atoms with Gasteiger partial charge in [0.15, 0.2) is 0 Å². The van der Waals surface area contributed by atoms with E-state index in [0.29, 0.717) is 5.92 Å². The Morgan fingerprint density at radius 3 is 2.95 bits per heavy atom. The summed E-state index contributed by atoms with van der Waals surface area (Å²) in [5, 5.41) is 3.74. The predicted molar refractivity (Wildman–Crippen MR) is 95.9 cm³/mol. The topological polar surface area (TPSA) is 35.6 Å². The summed E-state index contributed by atoms with van der Waals surface area (Å²) in [5.41, 5.74) is 1.87. The summed E-state index contributed by atoms with van der Waals surface area (Å²) >= 11 is 7.88. The van der Waals surface area contributed by atoms with Crippen molar-refractivity contribution in [3.63, 3.8) is 0 Å². The lowest BCUT2D eigenvalue weighted by atomic mass is 10.1. The van der Waals surface area contributed by atoms with Gasteiger partial charge < -0.3 is 15.1 Å². The number of urea groups is 1. The van der Waals surface area contributed by atoms with Crippen LogP contribution in [0.3, 0.4) is 0 Å². The molecule has 0 saturated carbocycles. The average Bonchev–Trinajstić information content (AvgIpc) is 2.90. The fraction of sp³-hybridized carbons (Fsp3) is 0.562. The molecule has 2 rings (SSSR count). The molecule has 0 bridgehead atoms. The molecule has 1 aromatic rings. The molecule has 0 radical (unpaired) electrons. The van der Waals surface area contributed by atoms with Crippen molar-refractivity contribution in [3.8, 4) is 0 Å². The van der Waals surface area contributed by atoms with Crippen molar-refractivity contribution >= 4 is 35.1 Å². The number of rotatable bonds is 5.